The summed E-state index contributed by atoms with van der Waals surface area (Å²) in [5.74, 6) is -0.572. The maximum Gasteiger partial charge on any atom is 0.329 e. The molecule has 5 heteroatoms. The molecular formula is C27H28F2N2O. The molecule has 32 heavy (non-hydrogen) atoms. The third kappa shape index (κ3) is 4.12. The number of unbranched alkanes of at least 4 members (excludes halogenated alkanes) is 1. The normalized spacial score (nSPS) is 13.4. The predicted molar refractivity (Wildman–Crippen MR) is 125 cm³/mol. The molecule has 0 spiro atoms. The van der Waals surface area contributed by atoms with Crippen LogP contribution in [0.4, 0.5) is 8.78 Å². The van der Waals surface area contributed by atoms with E-state index in [1.807, 2.05) is 41.8 Å². The molecule has 0 N–H and O–H groups in total. The monoisotopic (exact) mass is 434 g/mol. The summed E-state index contributed by atoms with van der Waals surface area (Å²) in [6.07, 6.45) is 2.40. The molecule has 1 heterocycles. The molecule has 0 aliphatic heterocycles. The van der Waals surface area contributed by atoms with Crippen LogP contribution in [-0.2, 0) is 18.5 Å². The van der Waals surface area contributed by atoms with Crippen molar-refractivity contribution in [1.29, 1.82) is 0 Å². The van der Waals surface area contributed by atoms with E-state index in [1.54, 1.807) is 28.8 Å². The Bertz CT molecular complexity index is 1270. The van der Waals surface area contributed by atoms with E-state index in [4.69, 9.17) is 0 Å². The van der Waals surface area contributed by atoms with Crippen LogP contribution in [-0.4, -0.2) is 9.13 Å². The number of rotatable bonds is 8. The van der Waals surface area contributed by atoms with Crippen molar-refractivity contribution >= 4 is 11.0 Å². The van der Waals surface area contributed by atoms with Gasteiger partial charge in [-0.25, -0.2) is 13.6 Å². The second-order valence-electron chi connectivity index (χ2n) is 8.47. The fourth-order valence-electron chi connectivity index (χ4n) is 4.65. The molecule has 3 aromatic carbocycles. The standard InChI is InChI=1S/C27H28F2N2O/c1-3-30-24-11-4-5-12-25(24)31(26(30)32)18-7-6-17-27(2,20-13-15-22(28)16-14-20)21-9-8-10-23(29)19-21/h4-5,8-16,19H,3,6-7,17-18H2,1-2H3. The number of imidazole rings is 1. The highest BCUT2D eigenvalue weighted by Crippen LogP contribution is 2.37. The minimum Gasteiger partial charge on any atom is -0.292 e. The summed E-state index contributed by atoms with van der Waals surface area (Å²) >= 11 is 0. The Labute approximate surface area is 186 Å². The highest BCUT2D eigenvalue weighted by atomic mass is 19.1. The molecular weight excluding hydrogens is 406 g/mol. The molecule has 0 saturated heterocycles. The van der Waals surface area contributed by atoms with Crippen LogP contribution >= 0.6 is 0 Å². The van der Waals surface area contributed by atoms with E-state index in [9.17, 15) is 13.6 Å². The summed E-state index contributed by atoms with van der Waals surface area (Å²) in [6, 6.07) is 21.0. The van der Waals surface area contributed by atoms with Crippen LogP contribution < -0.4 is 5.69 Å². The number of halogens is 2. The molecule has 0 fully saturated rings. The van der Waals surface area contributed by atoms with Gasteiger partial charge in [-0.3, -0.25) is 9.13 Å². The van der Waals surface area contributed by atoms with Gasteiger partial charge in [0, 0.05) is 18.5 Å². The predicted octanol–water partition coefficient (Wildman–Crippen LogP) is 6.28. The van der Waals surface area contributed by atoms with Crippen molar-refractivity contribution < 1.29 is 8.78 Å². The van der Waals surface area contributed by atoms with Gasteiger partial charge in [0.05, 0.1) is 11.0 Å². The van der Waals surface area contributed by atoms with E-state index < -0.39 is 5.41 Å². The van der Waals surface area contributed by atoms with Gasteiger partial charge in [0.15, 0.2) is 0 Å². The van der Waals surface area contributed by atoms with Crippen LogP contribution in [0.15, 0.2) is 77.6 Å². The third-order valence-corrected chi connectivity index (χ3v) is 6.49. The zero-order chi connectivity index (χ0) is 22.7. The largest absolute Gasteiger partial charge is 0.329 e. The summed E-state index contributed by atoms with van der Waals surface area (Å²) in [5, 5.41) is 0. The number of benzene rings is 3. The Kier molecular flexibility index (Phi) is 6.26. The zero-order valence-electron chi connectivity index (χ0n) is 18.5. The zero-order valence-corrected chi connectivity index (χ0v) is 18.5. The first-order valence-corrected chi connectivity index (χ1v) is 11.1. The summed E-state index contributed by atoms with van der Waals surface area (Å²) < 4.78 is 31.2. The molecule has 4 rings (SSSR count). The van der Waals surface area contributed by atoms with Crippen LogP contribution in [0, 0.1) is 11.6 Å². The van der Waals surface area contributed by atoms with Gasteiger partial charge in [-0.05, 0) is 67.3 Å². The molecule has 0 aliphatic rings. The molecule has 3 nitrogen and oxygen atoms in total. The van der Waals surface area contributed by atoms with Crippen molar-refractivity contribution in [2.75, 3.05) is 0 Å². The number of aryl methyl sites for hydroxylation is 2. The molecule has 0 bridgehead atoms. The minimum atomic E-state index is -0.460. The lowest BCUT2D eigenvalue weighted by Gasteiger charge is -2.31. The van der Waals surface area contributed by atoms with Gasteiger partial charge in [-0.1, -0.05) is 49.7 Å². The lowest BCUT2D eigenvalue weighted by atomic mass is 9.72. The van der Waals surface area contributed by atoms with Gasteiger partial charge in [-0.15, -0.1) is 0 Å². The van der Waals surface area contributed by atoms with E-state index in [2.05, 4.69) is 6.92 Å². The number of nitrogens with zero attached hydrogens (tertiary/aromatic N) is 2. The molecule has 1 aromatic heterocycles. The Hall–Kier alpha value is -3.21. The third-order valence-electron chi connectivity index (χ3n) is 6.49. The van der Waals surface area contributed by atoms with Crippen molar-refractivity contribution in [3.05, 3.63) is 106 Å². The van der Waals surface area contributed by atoms with Gasteiger partial charge in [0.1, 0.15) is 11.6 Å². The molecule has 0 saturated carbocycles. The van der Waals surface area contributed by atoms with E-state index >= 15 is 0 Å². The molecule has 166 valence electrons. The molecule has 1 unspecified atom stereocenters. The maximum atomic E-state index is 14.0. The van der Waals surface area contributed by atoms with Crippen molar-refractivity contribution in [2.45, 2.75) is 51.6 Å². The van der Waals surface area contributed by atoms with E-state index in [-0.39, 0.29) is 17.3 Å². The number of hydrogen-bond acceptors (Lipinski definition) is 1. The highest BCUT2D eigenvalue weighted by molar-refractivity contribution is 5.75. The minimum absolute atomic E-state index is 0.0140. The Morgan fingerprint density at radius 3 is 2.12 bits per heavy atom. The molecule has 0 aliphatic carbocycles. The van der Waals surface area contributed by atoms with Crippen LogP contribution in [0.25, 0.3) is 11.0 Å². The summed E-state index contributed by atoms with van der Waals surface area (Å²) in [4.78, 5) is 12.9. The van der Waals surface area contributed by atoms with Crippen molar-refractivity contribution in [3.8, 4) is 0 Å². The van der Waals surface area contributed by atoms with Gasteiger partial charge in [0.25, 0.3) is 0 Å². The number of hydrogen-bond donors (Lipinski definition) is 0. The Balaban J connectivity index is 1.56. The summed E-state index contributed by atoms with van der Waals surface area (Å²) in [5.41, 5.74) is 3.27. The summed E-state index contributed by atoms with van der Waals surface area (Å²) in [6.45, 7) is 5.30. The second kappa shape index (κ2) is 9.11. The average molecular weight is 435 g/mol. The van der Waals surface area contributed by atoms with E-state index in [1.165, 1.54) is 18.2 Å². The number of para-hydroxylation sites is 2. The van der Waals surface area contributed by atoms with Gasteiger partial charge < -0.3 is 0 Å². The quantitative estimate of drug-likeness (QED) is 0.300. The second-order valence-corrected chi connectivity index (χ2v) is 8.47. The lowest BCUT2D eigenvalue weighted by molar-refractivity contribution is 0.463. The maximum absolute atomic E-state index is 14.0. The van der Waals surface area contributed by atoms with E-state index in [0.717, 1.165) is 41.4 Å². The number of fused-ring (bicyclic) bond motifs is 1. The van der Waals surface area contributed by atoms with Crippen molar-refractivity contribution in [3.63, 3.8) is 0 Å². The van der Waals surface area contributed by atoms with Crippen molar-refractivity contribution in [2.24, 2.45) is 0 Å². The van der Waals surface area contributed by atoms with Crippen LogP contribution in [0.2, 0.25) is 0 Å². The van der Waals surface area contributed by atoms with Crippen LogP contribution in [0.1, 0.15) is 44.2 Å². The molecule has 0 amide bonds. The fourth-order valence-corrected chi connectivity index (χ4v) is 4.65. The highest BCUT2D eigenvalue weighted by Gasteiger charge is 2.29. The molecule has 0 radical (unpaired) electrons. The smallest absolute Gasteiger partial charge is 0.292 e. The SMILES string of the molecule is CCn1c(=O)n(CCCCC(C)(c2ccc(F)cc2)c2cccc(F)c2)c2ccccc21. The van der Waals surface area contributed by atoms with Gasteiger partial charge in [-0.2, -0.15) is 0 Å². The van der Waals surface area contributed by atoms with Crippen LogP contribution in [0.3, 0.4) is 0 Å². The number of aromatic nitrogens is 2. The van der Waals surface area contributed by atoms with Crippen molar-refractivity contribution in [1.82, 2.24) is 9.13 Å². The first-order valence-electron chi connectivity index (χ1n) is 11.1. The van der Waals surface area contributed by atoms with Gasteiger partial charge in [0.2, 0.25) is 0 Å². The Morgan fingerprint density at radius 1 is 0.781 bits per heavy atom. The molecule has 1 atom stereocenters. The first-order chi connectivity index (χ1) is 15.4. The Morgan fingerprint density at radius 2 is 1.47 bits per heavy atom. The summed E-state index contributed by atoms with van der Waals surface area (Å²) in [7, 11) is 0. The van der Waals surface area contributed by atoms with E-state index in [0.29, 0.717) is 13.1 Å². The van der Waals surface area contributed by atoms with Gasteiger partial charge >= 0.3 is 5.69 Å². The molecule has 4 aromatic rings. The topological polar surface area (TPSA) is 26.9 Å². The fraction of sp³-hybridized carbons (Fsp3) is 0.296. The van der Waals surface area contributed by atoms with Crippen LogP contribution in [0.5, 0.6) is 0 Å². The first kappa shape index (κ1) is 22.0. The average Bonchev–Trinajstić information content (AvgIpc) is 3.07. The lowest BCUT2D eigenvalue weighted by Crippen LogP contribution is -2.25.